The van der Waals surface area contributed by atoms with Crippen molar-refractivity contribution >= 4 is 49.5 Å². The van der Waals surface area contributed by atoms with Crippen LogP contribution in [0.2, 0.25) is 0 Å². The third kappa shape index (κ3) is 2.22. The number of anilines is 1. The quantitative estimate of drug-likeness (QED) is 0.659. The third-order valence-corrected chi connectivity index (χ3v) is 4.98. The second-order valence-corrected chi connectivity index (χ2v) is 6.61. The summed E-state index contributed by atoms with van der Waals surface area (Å²) in [4.78, 5) is 35.8. The number of aromatic nitrogens is 1. The fraction of sp³-hybridized carbons (Fsp3) is 0.0714. The van der Waals surface area contributed by atoms with E-state index in [0.717, 1.165) is 10.6 Å². The average molecular weight is 445 g/mol. The summed E-state index contributed by atoms with van der Waals surface area (Å²) in [6.07, 6.45) is 0. The first kappa shape index (κ1) is 15.9. The van der Waals surface area contributed by atoms with Crippen molar-refractivity contribution in [3.63, 3.8) is 0 Å². The fourth-order valence-corrected chi connectivity index (χ4v) is 3.68. The van der Waals surface area contributed by atoms with Gasteiger partial charge in [-0.2, -0.15) is 0 Å². The van der Waals surface area contributed by atoms with Gasteiger partial charge >= 0.3 is 0 Å². The standard InChI is InChI=1S/C14H8Br2FN3O3/c1-4-6(15)3-7(16)11(10(4)17)20-8(21)2-5-9(12(20)18)14(23)19-13(5)22/h2-3H,18H2,1H3,(H,19,22,23). The molecule has 0 radical (unpaired) electrons. The number of carbonyl (C=O) groups is 2. The summed E-state index contributed by atoms with van der Waals surface area (Å²) < 4.78 is 16.3. The second kappa shape index (κ2) is 5.27. The van der Waals surface area contributed by atoms with Crippen molar-refractivity contribution in [2.45, 2.75) is 6.92 Å². The predicted octanol–water partition coefficient (Wildman–Crippen LogP) is 2.28. The molecule has 0 spiro atoms. The molecule has 3 rings (SSSR count). The first-order valence-electron chi connectivity index (χ1n) is 6.29. The van der Waals surface area contributed by atoms with Crippen LogP contribution in [0, 0.1) is 12.7 Å². The summed E-state index contributed by atoms with van der Waals surface area (Å²) in [5.74, 6) is -2.39. The van der Waals surface area contributed by atoms with Crippen molar-refractivity contribution in [2.75, 3.05) is 5.73 Å². The Morgan fingerprint density at radius 1 is 1.13 bits per heavy atom. The zero-order chi connectivity index (χ0) is 17.0. The number of pyridine rings is 1. The lowest BCUT2D eigenvalue weighted by Gasteiger charge is -2.16. The van der Waals surface area contributed by atoms with Gasteiger partial charge in [0.2, 0.25) is 0 Å². The maximum atomic E-state index is 14.7. The van der Waals surface area contributed by atoms with Crippen molar-refractivity contribution in [3.05, 3.63) is 53.9 Å². The van der Waals surface area contributed by atoms with Crippen LogP contribution in [0.15, 0.2) is 25.9 Å². The molecule has 0 fully saturated rings. The molecule has 23 heavy (non-hydrogen) atoms. The molecule has 0 aliphatic carbocycles. The highest BCUT2D eigenvalue weighted by atomic mass is 79.9. The highest BCUT2D eigenvalue weighted by Gasteiger charge is 2.32. The molecular weight excluding hydrogens is 437 g/mol. The van der Waals surface area contributed by atoms with Crippen LogP contribution in [0.4, 0.5) is 10.2 Å². The van der Waals surface area contributed by atoms with Gasteiger partial charge in [0.15, 0.2) is 5.82 Å². The van der Waals surface area contributed by atoms with Gasteiger partial charge in [0, 0.05) is 20.6 Å². The van der Waals surface area contributed by atoms with Crippen LogP contribution in [0.3, 0.4) is 0 Å². The summed E-state index contributed by atoms with van der Waals surface area (Å²) in [7, 11) is 0. The molecule has 0 saturated heterocycles. The molecule has 2 amide bonds. The summed E-state index contributed by atoms with van der Waals surface area (Å²) in [6.45, 7) is 1.53. The number of nitrogens with two attached hydrogens (primary N) is 1. The highest BCUT2D eigenvalue weighted by molar-refractivity contribution is 9.11. The second-order valence-electron chi connectivity index (χ2n) is 4.90. The lowest BCUT2D eigenvalue weighted by molar-refractivity contribution is 0.0880. The maximum Gasteiger partial charge on any atom is 0.262 e. The van der Waals surface area contributed by atoms with Crippen LogP contribution in [0.1, 0.15) is 26.3 Å². The summed E-state index contributed by atoms with van der Waals surface area (Å²) in [5.41, 5.74) is 5.08. The van der Waals surface area contributed by atoms with Gasteiger partial charge in [0.05, 0.1) is 11.1 Å². The Morgan fingerprint density at radius 2 is 1.78 bits per heavy atom. The fourth-order valence-electron chi connectivity index (χ4n) is 2.39. The number of hydrogen-bond donors (Lipinski definition) is 2. The molecule has 2 aromatic rings. The van der Waals surface area contributed by atoms with Crippen molar-refractivity contribution in [2.24, 2.45) is 0 Å². The largest absolute Gasteiger partial charge is 0.384 e. The predicted molar refractivity (Wildman–Crippen MR) is 88.3 cm³/mol. The Morgan fingerprint density at radius 3 is 2.43 bits per heavy atom. The zero-order valence-corrected chi connectivity index (χ0v) is 14.7. The summed E-state index contributed by atoms with van der Waals surface area (Å²) in [6, 6.07) is 2.53. The number of rotatable bonds is 1. The molecule has 9 heteroatoms. The summed E-state index contributed by atoms with van der Waals surface area (Å²) >= 11 is 6.40. The Kier molecular flexibility index (Phi) is 3.64. The molecule has 3 N–H and O–H groups in total. The molecule has 1 aliphatic rings. The van der Waals surface area contributed by atoms with Crippen molar-refractivity contribution in [3.8, 4) is 5.69 Å². The van der Waals surface area contributed by atoms with E-state index in [-0.39, 0.29) is 32.7 Å². The van der Waals surface area contributed by atoms with E-state index in [9.17, 15) is 18.8 Å². The highest BCUT2D eigenvalue weighted by Crippen LogP contribution is 2.33. The molecular formula is C14H8Br2FN3O3. The maximum absolute atomic E-state index is 14.7. The van der Waals surface area contributed by atoms with E-state index in [1.165, 1.54) is 6.92 Å². The van der Waals surface area contributed by atoms with Crippen molar-refractivity contribution < 1.29 is 14.0 Å². The van der Waals surface area contributed by atoms with Crippen LogP contribution >= 0.6 is 31.9 Å². The average Bonchev–Trinajstić information content (AvgIpc) is 2.74. The molecule has 118 valence electrons. The monoisotopic (exact) mass is 443 g/mol. The van der Waals surface area contributed by atoms with Gasteiger partial charge in [-0.05, 0) is 28.9 Å². The number of imide groups is 1. The Hall–Kier alpha value is -2.00. The number of hydrogen-bond acceptors (Lipinski definition) is 4. The Balaban J connectivity index is 2.43. The number of amides is 2. The van der Waals surface area contributed by atoms with Gasteiger partial charge in [-0.25, -0.2) is 4.39 Å². The number of fused-ring (bicyclic) bond motifs is 1. The number of nitrogens with one attached hydrogen (secondary N) is 1. The molecule has 6 nitrogen and oxygen atoms in total. The first-order chi connectivity index (χ1) is 10.7. The molecule has 2 heterocycles. The topological polar surface area (TPSA) is 94.2 Å². The number of nitrogens with zero attached hydrogens (tertiary/aromatic N) is 1. The lowest BCUT2D eigenvalue weighted by atomic mass is 10.1. The van der Waals surface area contributed by atoms with Crippen LogP contribution < -0.4 is 16.6 Å². The Bertz CT molecular complexity index is 969. The van der Waals surface area contributed by atoms with Gasteiger partial charge in [-0.15, -0.1) is 0 Å². The van der Waals surface area contributed by atoms with E-state index in [4.69, 9.17) is 5.73 Å². The van der Waals surface area contributed by atoms with E-state index >= 15 is 0 Å². The SMILES string of the molecule is Cc1c(Br)cc(Br)c(-n2c(N)c3c(cc2=O)C(=O)NC3=O)c1F. The summed E-state index contributed by atoms with van der Waals surface area (Å²) in [5, 5.41) is 2.06. The minimum atomic E-state index is -0.721. The van der Waals surface area contributed by atoms with Gasteiger partial charge in [0.25, 0.3) is 17.4 Å². The van der Waals surface area contributed by atoms with E-state index in [1.807, 2.05) is 0 Å². The zero-order valence-electron chi connectivity index (χ0n) is 11.5. The van der Waals surface area contributed by atoms with E-state index in [0.29, 0.717) is 4.47 Å². The molecule has 0 bridgehead atoms. The van der Waals surface area contributed by atoms with E-state index in [2.05, 4.69) is 37.2 Å². The van der Waals surface area contributed by atoms with Gasteiger partial charge in [-0.1, -0.05) is 15.9 Å². The normalized spacial score (nSPS) is 13.2. The minimum absolute atomic E-state index is 0.112. The van der Waals surface area contributed by atoms with E-state index < -0.39 is 23.2 Å². The molecule has 1 aromatic heterocycles. The molecule has 0 saturated carbocycles. The molecule has 1 aromatic carbocycles. The Labute approximate surface area is 145 Å². The van der Waals surface area contributed by atoms with Crippen LogP contribution in [-0.4, -0.2) is 16.4 Å². The van der Waals surface area contributed by atoms with Crippen LogP contribution in [-0.2, 0) is 0 Å². The number of halogens is 3. The smallest absolute Gasteiger partial charge is 0.262 e. The first-order valence-corrected chi connectivity index (χ1v) is 7.88. The molecule has 1 aliphatic heterocycles. The van der Waals surface area contributed by atoms with Gasteiger partial charge in [-0.3, -0.25) is 24.3 Å². The third-order valence-electron chi connectivity index (χ3n) is 3.55. The van der Waals surface area contributed by atoms with Crippen molar-refractivity contribution in [1.29, 1.82) is 0 Å². The molecule has 0 atom stereocenters. The van der Waals surface area contributed by atoms with Crippen LogP contribution in [0.25, 0.3) is 5.69 Å². The van der Waals surface area contributed by atoms with E-state index in [1.54, 1.807) is 6.07 Å². The lowest BCUT2D eigenvalue weighted by Crippen LogP contribution is -2.25. The number of carbonyl (C=O) groups excluding carboxylic acids is 2. The van der Waals surface area contributed by atoms with Crippen LogP contribution in [0.5, 0.6) is 0 Å². The molecule has 0 unspecified atom stereocenters. The van der Waals surface area contributed by atoms with Gasteiger partial charge in [0.1, 0.15) is 11.5 Å². The van der Waals surface area contributed by atoms with Gasteiger partial charge < -0.3 is 5.73 Å². The number of nitrogen functional groups attached to an aromatic ring is 1. The van der Waals surface area contributed by atoms with Crippen molar-refractivity contribution in [1.82, 2.24) is 9.88 Å². The minimum Gasteiger partial charge on any atom is -0.384 e. The number of benzene rings is 1.